The van der Waals surface area contributed by atoms with E-state index < -0.39 is 0 Å². The van der Waals surface area contributed by atoms with E-state index in [0.29, 0.717) is 11.1 Å². The van der Waals surface area contributed by atoms with Gasteiger partial charge in [0.2, 0.25) is 5.91 Å². The molecule has 0 saturated carbocycles. The van der Waals surface area contributed by atoms with Gasteiger partial charge in [-0.2, -0.15) is 0 Å². The summed E-state index contributed by atoms with van der Waals surface area (Å²) in [4.78, 5) is 25.7. The molecule has 2 aromatic carbocycles. The summed E-state index contributed by atoms with van der Waals surface area (Å²) >= 11 is 3.29. The molecule has 25 heavy (non-hydrogen) atoms. The van der Waals surface area contributed by atoms with E-state index in [0.717, 1.165) is 10.0 Å². The number of benzene rings is 2. The molecule has 132 valence electrons. The summed E-state index contributed by atoms with van der Waals surface area (Å²) < 4.78 is 14.5. The number of nitrogens with one attached hydrogen (secondary N) is 1. The van der Waals surface area contributed by atoms with Crippen LogP contribution in [0.25, 0.3) is 0 Å². The van der Waals surface area contributed by atoms with Gasteiger partial charge in [-0.25, -0.2) is 4.39 Å². The van der Waals surface area contributed by atoms with E-state index in [-0.39, 0.29) is 37.1 Å². The molecular formula is C19H20BrFN2O2. The van der Waals surface area contributed by atoms with Crippen molar-refractivity contribution in [1.29, 1.82) is 0 Å². The van der Waals surface area contributed by atoms with Crippen LogP contribution in [0.5, 0.6) is 0 Å². The zero-order valence-electron chi connectivity index (χ0n) is 14.2. The summed E-state index contributed by atoms with van der Waals surface area (Å²) in [5, 5.41) is 2.74. The van der Waals surface area contributed by atoms with Gasteiger partial charge in [-0.3, -0.25) is 9.59 Å². The first-order valence-corrected chi connectivity index (χ1v) is 8.69. The van der Waals surface area contributed by atoms with Crippen LogP contribution in [0.4, 0.5) is 4.39 Å². The molecule has 0 aliphatic carbocycles. The maximum Gasteiger partial charge on any atom is 0.251 e. The fourth-order valence-electron chi connectivity index (χ4n) is 2.40. The number of rotatable bonds is 6. The number of amides is 2. The number of carbonyl (C=O) groups is 2. The Hall–Kier alpha value is -2.21. The summed E-state index contributed by atoms with van der Waals surface area (Å²) in [7, 11) is 1.62. The zero-order valence-corrected chi connectivity index (χ0v) is 15.8. The summed E-state index contributed by atoms with van der Waals surface area (Å²) in [6.07, 6.45) is 0.156. The molecule has 0 heterocycles. The van der Waals surface area contributed by atoms with Gasteiger partial charge in [0.05, 0.1) is 0 Å². The summed E-state index contributed by atoms with van der Waals surface area (Å²) in [5.41, 5.74) is 1.92. The normalized spacial score (nSPS) is 10.4. The van der Waals surface area contributed by atoms with E-state index in [1.807, 2.05) is 19.1 Å². The van der Waals surface area contributed by atoms with E-state index in [2.05, 4.69) is 21.2 Å². The van der Waals surface area contributed by atoms with Crippen LogP contribution in [0, 0.1) is 12.7 Å². The first-order valence-electron chi connectivity index (χ1n) is 7.90. The maximum atomic E-state index is 13.8. The molecule has 0 saturated heterocycles. The van der Waals surface area contributed by atoms with Crippen molar-refractivity contribution in [2.75, 3.05) is 13.6 Å². The number of hydrogen-bond acceptors (Lipinski definition) is 2. The second kappa shape index (κ2) is 8.76. The molecule has 2 rings (SSSR count). The molecule has 0 aliphatic heterocycles. The van der Waals surface area contributed by atoms with Crippen molar-refractivity contribution in [2.45, 2.75) is 19.9 Å². The minimum absolute atomic E-state index is 0.156. The van der Waals surface area contributed by atoms with Crippen molar-refractivity contribution in [3.63, 3.8) is 0 Å². The standard InChI is InChI=1S/C19H20BrFN2O2/c1-13-5-3-4-6-16(13)19(25)22-10-9-18(24)23(2)12-14-11-15(20)7-8-17(14)21/h3-8,11H,9-10,12H2,1-2H3,(H,22,25). The first-order chi connectivity index (χ1) is 11.9. The van der Waals surface area contributed by atoms with Gasteiger partial charge in [0, 0.05) is 42.2 Å². The third-order valence-corrected chi connectivity index (χ3v) is 4.35. The molecule has 2 amide bonds. The Morgan fingerprint density at radius 1 is 1.20 bits per heavy atom. The minimum Gasteiger partial charge on any atom is -0.352 e. The highest BCUT2D eigenvalue weighted by Gasteiger charge is 2.13. The molecule has 0 fully saturated rings. The average molecular weight is 407 g/mol. The highest BCUT2D eigenvalue weighted by Crippen LogP contribution is 2.17. The molecule has 0 atom stereocenters. The van der Waals surface area contributed by atoms with Crippen LogP contribution >= 0.6 is 15.9 Å². The van der Waals surface area contributed by atoms with E-state index >= 15 is 0 Å². The van der Waals surface area contributed by atoms with Crippen LogP contribution in [-0.4, -0.2) is 30.3 Å². The predicted molar refractivity (Wildman–Crippen MR) is 98.7 cm³/mol. The van der Waals surface area contributed by atoms with Crippen molar-refractivity contribution in [2.24, 2.45) is 0 Å². The average Bonchev–Trinajstić information content (AvgIpc) is 2.58. The third kappa shape index (κ3) is 5.39. The summed E-state index contributed by atoms with van der Waals surface area (Å²) in [6, 6.07) is 11.9. The number of halogens is 2. The number of hydrogen-bond donors (Lipinski definition) is 1. The fraction of sp³-hybridized carbons (Fsp3) is 0.263. The highest BCUT2D eigenvalue weighted by molar-refractivity contribution is 9.10. The maximum absolute atomic E-state index is 13.8. The number of nitrogens with zero attached hydrogens (tertiary/aromatic N) is 1. The molecule has 0 radical (unpaired) electrons. The van der Waals surface area contributed by atoms with Gasteiger partial charge in [0.15, 0.2) is 0 Å². The fourth-order valence-corrected chi connectivity index (χ4v) is 2.81. The highest BCUT2D eigenvalue weighted by atomic mass is 79.9. The molecular weight excluding hydrogens is 387 g/mol. The Bertz CT molecular complexity index is 780. The molecule has 0 aliphatic rings. The number of carbonyl (C=O) groups excluding carboxylic acids is 2. The SMILES string of the molecule is Cc1ccccc1C(=O)NCCC(=O)N(C)Cc1cc(Br)ccc1F. The lowest BCUT2D eigenvalue weighted by atomic mass is 10.1. The van der Waals surface area contributed by atoms with Crippen LogP contribution < -0.4 is 5.32 Å². The minimum atomic E-state index is -0.351. The Labute approximate surface area is 155 Å². The Kier molecular flexibility index (Phi) is 6.70. The van der Waals surface area contributed by atoms with Crippen LogP contribution in [0.2, 0.25) is 0 Å². The van der Waals surface area contributed by atoms with Gasteiger partial charge < -0.3 is 10.2 Å². The van der Waals surface area contributed by atoms with E-state index in [9.17, 15) is 14.0 Å². The van der Waals surface area contributed by atoms with E-state index in [1.165, 1.54) is 11.0 Å². The van der Waals surface area contributed by atoms with Crippen LogP contribution in [0.15, 0.2) is 46.9 Å². The van der Waals surface area contributed by atoms with E-state index in [1.54, 1.807) is 31.3 Å². The Morgan fingerprint density at radius 3 is 2.64 bits per heavy atom. The van der Waals surface area contributed by atoms with Gasteiger partial charge in [0.1, 0.15) is 5.82 Å². The Morgan fingerprint density at radius 2 is 1.92 bits per heavy atom. The van der Waals surface area contributed by atoms with Crippen molar-refractivity contribution >= 4 is 27.7 Å². The molecule has 0 unspecified atom stereocenters. The van der Waals surface area contributed by atoms with Crippen LogP contribution in [0.1, 0.15) is 27.9 Å². The van der Waals surface area contributed by atoms with Gasteiger partial charge >= 0.3 is 0 Å². The Balaban J connectivity index is 1.84. The van der Waals surface area contributed by atoms with E-state index in [4.69, 9.17) is 0 Å². The third-order valence-electron chi connectivity index (χ3n) is 3.86. The van der Waals surface area contributed by atoms with Gasteiger partial charge in [-0.15, -0.1) is 0 Å². The summed E-state index contributed by atoms with van der Waals surface area (Å²) in [6.45, 7) is 2.27. The lowest BCUT2D eigenvalue weighted by Gasteiger charge is -2.18. The first kappa shape index (κ1) is 19.1. The van der Waals surface area contributed by atoms with Gasteiger partial charge in [-0.1, -0.05) is 34.1 Å². The number of aryl methyl sites for hydroxylation is 1. The smallest absolute Gasteiger partial charge is 0.251 e. The lowest BCUT2D eigenvalue weighted by Crippen LogP contribution is -2.32. The quantitative estimate of drug-likeness (QED) is 0.795. The van der Waals surface area contributed by atoms with Gasteiger partial charge in [0.25, 0.3) is 5.91 Å². The molecule has 4 nitrogen and oxygen atoms in total. The molecule has 0 bridgehead atoms. The van der Waals surface area contributed by atoms with Crippen molar-refractivity contribution in [3.8, 4) is 0 Å². The molecule has 0 aromatic heterocycles. The van der Waals surface area contributed by atoms with Gasteiger partial charge in [-0.05, 0) is 36.8 Å². The predicted octanol–water partition coefficient (Wildman–Crippen LogP) is 3.68. The largest absolute Gasteiger partial charge is 0.352 e. The second-order valence-electron chi connectivity index (χ2n) is 5.81. The topological polar surface area (TPSA) is 49.4 Å². The molecule has 6 heteroatoms. The van der Waals surface area contributed by atoms with Crippen molar-refractivity contribution < 1.29 is 14.0 Å². The summed E-state index contributed by atoms with van der Waals surface area (Å²) in [5.74, 6) is -0.716. The molecule has 2 aromatic rings. The zero-order chi connectivity index (χ0) is 18.4. The molecule has 0 spiro atoms. The van der Waals surface area contributed by atoms with Crippen LogP contribution in [-0.2, 0) is 11.3 Å². The second-order valence-corrected chi connectivity index (χ2v) is 6.72. The molecule has 1 N–H and O–H groups in total. The van der Waals surface area contributed by atoms with Crippen molar-refractivity contribution in [3.05, 3.63) is 69.4 Å². The van der Waals surface area contributed by atoms with Crippen LogP contribution in [0.3, 0.4) is 0 Å². The monoisotopic (exact) mass is 406 g/mol. The van der Waals surface area contributed by atoms with Crippen molar-refractivity contribution in [1.82, 2.24) is 10.2 Å². The lowest BCUT2D eigenvalue weighted by molar-refractivity contribution is -0.130.